The molecule has 3 aromatic rings. The van der Waals surface area contributed by atoms with Crippen molar-refractivity contribution in [3.05, 3.63) is 83.4 Å². The molecule has 1 atom stereocenters. The molecule has 0 saturated carbocycles. The number of aliphatic hydroxyl groups is 1. The van der Waals surface area contributed by atoms with Crippen LogP contribution >= 0.6 is 0 Å². The number of amides is 1. The zero-order valence-electron chi connectivity index (χ0n) is 14.0. The summed E-state index contributed by atoms with van der Waals surface area (Å²) < 4.78 is 0. The van der Waals surface area contributed by atoms with Crippen LogP contribution in [0.5, 0.6) is 0 Å². The normalized spacial score (nSPS) is 18.9. The van der Waals surface area contributed by atoms with Crippen molar-refractivity contribution in [3.8, 4) is 0 Å². The number of nitrogens with one attached hydrogen (secondary N) is 1. The molecule has 2 N–H and O–H groups in total. The number of fused-ring (bicyclic) bond motifs is 2. The van der Waals surface area contributed by atoms with E-state index in [0.717, 1.165) is 28.3 Å². The van der Waals surface area contributed by atoms with Gasteiger partial charge in [-0.3, -0.25) is 4.79 Å². The van der Waals surface area contributed by atoms with Crippen molar-refractivity contribution in [2.45, 2.75) is 24.9 Å². The number of hydrogen-bond acceptors (Lipinski definition) is 2. The maximum Gasteiger partial charge on any atom is 0.224 e. The van der Waals surface area contributed by atoms with Crippen LogP contribution in [0.4, 0.5) is 0 Å². The lowest BCUT2D eigenvalue weighted by molar-refractivity contribution is -0.121. The van der Waals surface area contributed by atoms with E-state index in [1.807, 2.05) is 54.6 Å². The molecule has 1 aliphatic carbocycles. The third-order valence-corrected chi connectivity index (χ3v) is 5.14. The average molecular weight is 331 g/mol. The lowest BCUT2D eigenvalue weighted by Gasteiger charge is -2.24. The van der Waals surface area contributed by atoms with Crippen LogP contribution in [0.25, 0.3) is 10.8 Å². The molecular formula is C22H21NO2. The maximum absolute atomic E-state index is 12.4. The average Bonchev–Trinajstić information content (AvgIpc) is 2.98. The van der Waals surface area contributed by atoms with Crippen LogP contribution in [-0.4, -0.2) is 17.6 Å². The molecule has 3 nitrogen and oxygen atoms in total. The number of carbonyl (C=O) groups excluding carboxylic acids is 1. The van der Waals surface area contributed by atoms with Gasteiger partial charge in [0.2, 0.25) is 5.91 Å². The highest BCUT2D eigenvalue weighted by Gasteiger charge is 2.36. The predicted octanol–water partition coefficient (Wildman–Crippen LogP) is 3.33. The topological polar surface area (TPSA) is 49.3 Å². The lowest BCUT2D eigenvalue weighted by atomic mass is 9.95. The molecule has 3 heteroatoms. The number of benzene rings is 3. The molecule has 0 unspecified atom stereocenters. The summed E-state index contributed by atoms with van der Waals surface area (Å²) in [5.41, 5.74) is 2.17. The first-order chi connectivity index (χ1) is 12.2. The van der Waals surface area contributed by atoms with Gasteiger partial charge in [-0.25, -0.2) is 0 Å². The summed E-state index contributed by atoms with van der Waals surface area (Å²) in [4.78, 5) is 12.4. The minimum atomic E-state index is -0.953. The Bertz CT molecular complexity index is 929. The molecule has 3 aromatic carbocycles. The van der Waals surface area contributed by atoms with Gasteiger partial charge in [-0.15, -0.1) is 0 Å². The Labute approximate surface area is 147 Å². The van der Waals surface area contributed by atoms with Crippen molar-refractivity contribution in [1.29, 1.82) is 0 Å². The second-order valence-corrected chi connectivity index (χ2v) is 6.78. The zero-order chi connectivity index (χ0) is 17.3. The van der Waals surface area contributed by atoms with Gasteiger partial charge >= 0.3 is 0 Å². The Morgan fingerprint density at radius 1 is 1.00 bits per heavy atom. The summed E-state index contributed by atoms with van der Waals surface area (Å²) in [6.45, 7) is 0.258. The summed E-state index contributed by atoms with van der Waals surface area (Å²) in [6.07, 6.45) is 1.83. The second kappa shape index (κ2) is 6.34. The van der Waals surface area contributed by atoms with Gasteiger partial charge in [0, 0.05) is 0 Å². The SMILES string of the molecule is O=C(Cc1cccc2ccccc12)NC[C@@]1(O)CCc2ccccc21. The number of aryl methyl sites for hydroxylation is 1. The van der Waals surface area contributed by atoms with Gasteiger partial charge in [-0.05, 0) is 40.3 Å². The van der Waals surface area contributed by atoms with Crippen molar-refractivity contribution >= 4 is 16.7 Å². The third kappa shape index (κ3) is 3.03. The molecule has 0 radical (unpaired) electrons. The first-order valence-electron chi connectivity index (χ1n) is 8.70. The highest BCUT2D eigenvalue weighted by atomic mass is 16.3. The highest BCUT2D eigenvalue weighted by Crippen LogP contribution is 2.36. The Morgan fingerprint density at radius 2 is 1.76 bits per heavy atom. The predicted molar refractivity (Wildman–Crippen MR) is 99.3 cm³/mol. The van der Waals surface area contributed by atoms with Gasteiger partial charge in [0.05, 0.1) is 13.0 Å². The fraction of sp³-hybridized carbons (Fsp3) is 0.227. The molecule has 0 spiro atoms. The van der Waals surface area contributed by atoms with E-state index in [1.165, 1.54) is 5.56 Å². The summed E-state index contributed by atoms with van der Waals surface area (Å²) in [5.74, 6) is -0.0610. The van der Waals surface area contributed by atoms with Crippen molar-refractivity contribution in [1.82, 2.24) is 5.32 Å². The third-order valence-electron chi connectivity index (χ3n) is 5.14. The number of hydrogen-bond donors (Lipinski definition) is 2. The van der Waals surface area contributed by atoms with Crippen LogP contribution in [0.15, 0.2) is 66.7 Å². The standard InChI is InChI=1S/C22H21NO2/c24-21(14-18-9-5-8-16-6-1-3-10-19(16)18)23-15-22(25)13-12-17-7-2-4-11-20(17)22/h1-11,25H,12-15H2,(H,23,24)/t22-/m0/s1. The van der Waals surface area contributed by atoms with Crippen molar-refractivity contribution in [3.63, 3.8) is 0 Å². The molecule has 25 heavy (non-hydrogen) atoms. The molecule has 0 heterocycles. The van der Waals surface area contributed by atoms with Gasteiger partial charge in [-0.1, -0.05) is 66.7 Å². The van der Waals surface area contributed by atoms with Gasteiger partial charge in [-0.2, -0.15) is 0 Å². The second-order valence-electron chi connectivity index (χ2n) is 6.78. The van der Waals surface area contributed by atoms with E-state index in [2.05, 4.69) is 17.4 Å². The quantitative estimate of drug-likeness (QED) is 0.770. The summed E-state index contributed by atoms with van der Waals surface area (Å²) >= 11 is 0. The number of rotatable bonds is 4. The Kier molecular flexibility index (Phi) is 4.02. The molecule has 0 fully saturated rings. The van der Waals surface area contributed by atoms with E-state index in [1.54, 1.807) is 0 Å². The van der Waals surface area contributed by atoms with Gasteiger partial charge in [0.15, 0.2) is 0 Å². The van der Waals surface area contributed by atoms with Crippen molar-refractivity contribution < 1.29 is 9.90 Å². The van der Waals surface area contributed by atoms with Crippen LogP contribution in [0.1, 0.15) is 23.1 Å². The van der Waals surface area contributed by atoms with Crippen LogP contribution in [0.2, 0.25) is 0 Å². The maximum atomic E-state index is 12.4. The monoisotopic (exact) mass is 331 g/mol. The van der Waals surface area contributed by atoms with E-state index in [-0.39, 0.29) is 12.5 Å². The first kappa shape index (κ1) is 15.9. The fourth-order valence-corrected chi connectivity index (χ4v) is 3.78. The lowest BCUT2D eigenvalue weighted by Crippen LogP contribution is -2.39. The van der Waals surface area contributed by atoms with Gasteiger partial charge in [0.1, 0.15) is 5.60 Å². The summed E-state index contributed by atoms with van der Waals surface area (Å²) in [5, 5.41) is 16.1. The summed E-state index contributed by atoms with van der Waals surface area (Å²) in [6, 6.07) is 22.0. The Balaban J connectivity index is 1.46. The Morgan fingerprint density at radius 3 is 2.68 bits per heavy atom. The van der Waals surface area contributed by atoms with Crippen molar-refractivity contribution in [2.24, 2.45) is 0 Å². The number of carbonyl (C=O) groups is 1. The minimum absolute atomic E-state index is 0.0610. The van der Waals surface area contributed by atoms with Crippen LogP contribution in [-0.2, 0) is 23.2 Å². The largest absolute Gasteiger partial charge is 0.383 e. The van der Waals surface area contributed by atoms with Gasteiger partial charge < -0.3 is 10.4 Å². The van der Waals surface area contributed by atoms with E-state index >= 15 is 0 Å². The molecule has 4 rings (SSSR count). The zero-order valence-corrected chi connectivity index (χ0v) is 14.0. The van der Waals surface area contributed by atoms with Crippen LogP contribution in [0.3, 0.4) is 0 Å². The molecule has 0 bridgehead atoms. The van der Waals surface area contributed by atoms with E-state index < -0.39 is 5.60 Å². The molecular weight excluding hydrogens is 310 g/mol. The minimum Gasteiger partial charge on any atom is -0.383 e. The van der Waals surface area contributed by atoms with E-state index in [4.69, 9.17) is 0 Å². The molecule has 1 aliphatic rings. The van der Waals surface area contributed by atoms with Crippen LogP contribution in [0, 0.1) is 0 Å². The highest BCUT2D eigenvalue weighted by molar-refractivity contribution is 5.90. The molecule has 126 valence electrons. The van der Waals surface area contributed by atoms with Crippen molar-refractivity contribution in [2.75, 3.05) is 6.54 Å². The van der Waals surface area contributed by atoms with Gasteiger partial charge in [0.25, 0.3) is 0 Å². The molecule has 1 amide bonds. The summed E-state index contributed by atoms with van der Waals surface area (Å²) in [7, 11) is 0. The Hall–Kier alpha value is -2.65. The fourth-order valence-electron chi connectivity index (χ4n) is 3.78. The van der Waals surface area contributed by atoms with E-state index in [9.17, 15) is 9.90 Å². The molecule has 0 saturated heterocycles. The smallest absolute Gasteiger partial charge is 0.224 e. The molecule has 0 aromatic heterocycles. The molecule has 0 aliphatic heterocycles. The first-order valence-corrected chi connectivity index (χ1v) is 8.70. The van der Waals surface area contributed by atoms with E-state index in [0.29, 0.717) is 12.8 Å². The van der Waals surface area contributed by atoms with Crippen LogP contribution < -0.4 is 5.32 Å².